The Morgan fingerprint density at radius 2 is 1.70 bits per heavy atom. The first-order valence-electron chi connectivity index (χ1n) is 9.07. The lowest BCUT2D eigenvalue weighted by molar-refractivity contribution is 0.311. The highest BCUT2D eigenvalue weighted by molar-refractivity contribution is 6.30. The maximum atomic E-state index is 6.09. The zero-order chi connectivity index (χ0) is 18.6. The van der Waals surface area contributed by atoms with Crippen molar-refractivity contribution >= 4 is 29.1 Å². The first-order chi connectivity index (χ1) is 13.2. The molecule has 2 aromatic carbocycles. The van der Waals surface area contributed by atoms with Gasteiger partial charge in [0, 0.05) is 43.1 Å². The highest BCUT2D eigenvalue weighted by Gasteiger charge is 2.16. The van der Waals surface area contributed by atoms with E-state index < -0.39 is 0 Å². The van der Waals surface area contributed by atoms with E-state index in [9.17, 15) is 0 Å². The van der Waals surface area contributed by atoms with Crippen LogP contribution in [0, 0.1) is 0 Å². The van der Waals surface area contributed by atoms with Crippen LogP contribution < -0.4 is 10.2 Å². The smallest absolute Gasteiger partial charge is 0.227 e. The summed E-state index contributed by atoms with van der Waals surface area (Å²) < 4.78 is 0. The normalized spacial score (nSPS) is 15.0. The Morgan fingerprint density at radius 1 is 0.926 bits per heavy atom. The molecular weight excluding hydrogens is 358 g/mol. The van der Waals surface area contributed by atoms with Crippen LogP contribution in [0.15, 0.2) is 60.8 Å². The number of hydrogen-bond acceptors (Lipinski definition) is 5. The minimum absolute atomic E-state index is 0.743. The van der Waals surface area contributed by atoms with Gasteiger partial charge in [-0.1, -0.05) is 35.9 Å². The fourth-order valence-corrected chi connectivity index (χ4v) is 3.33. The highest BCUT2D eigenvalue weighted by atomic mass is 35.5. The molecule has 1 aliphatic heterocycles. The molecule has 0 aliphatic carbocycles. The molecule has 4 rings (SSSR count). The lowest BCUT2D eigenvalue weighted by atomic mass is 10.1. The van der Waals surface area contributed by atoms with Crippen molar-refractivity contribution in [3.05, 3.63) is 65.8 Å². The maximum Gasteiger partial charge on any atom is 0.227 e. The van der Waals surface area contributed by atoms with Crippen molar-refractivity contribution in [2.45, 2.75) is 0 Å². The molecule has 138 valence electrons. The maximum absolute atomic E-state index is 6.09. The molecule has 27 heavy (non-hydrogen) atoms. The molecule has 1 N–H and O–H groups in total. The summed E-state index contributed by atoms with van der Waals surface area (Å²) in [5, 5.41) is 4.11. The van der Waals surface area contributed by atoms with Crippen LogP contribution in [0.5, 0.6) is 0 Å². The summed E-state index contributed by atoms with van der Waals surface area (Å²) in [7, 11) is 2.14. The van der Waals surface area contributed by atoms with E-state index in [-0.39, 0.29) is 0 Å². The Kier molecular flexibility index (Phi) is 5.23. The minimum Gasteiger partial charge on any atom is -0.340 e. The zero-order valence-electron chi connectivity index (χ0n) is 15.3. The van der Waals surface area contributed by atoms with E-state index in [0.717, 1.165) is 59.8 Å². The second-order valence-corrected chi connectivity index (χ2v) is 7.18. The molecular formula is C21H22ClN5. The van der Waals surface area contributed by atoms with Crippen LogP contribution in [-0.2, 0) is 0 Å². The Labute approximate surface area is 164 Å². The molecule has 0 amide bonds. The second kappa shape index (κ2) is 7.94. The molecule has 1 aliphatic rings. The van der Waals surface area contributed by atoms with Crippen molar-refractivity contribution in [3.63, 3.8) is 0 Å². The molecule has 0 radical (unpaired) electrons. The SMILES string of the molecule is CN1CCN(c2nccc(Nc3ccc(-c4cccc(Cl)c4)cc3)n2)CC1. The van der Waals surface area contributed by atoms with Gasteiger partial charge in [0.1, 0.15) is 5.82 Å². The molecule has 1 fully saturated rings. The first kappa shape index (κ1) is 17.8. The number of benzene rings is 2. The monoisotopic (exact) mass is 379 g/mol. The standard InChI is InChI=1S/C21H22ClN5/c1-26-11-13-27(14-12-26)21-23-10-9-20(25-21)24-19-7-5-16(6-8-19)17-3-2-4-18(22)15-17/h2-10,15H,11-14H2,1H3,(H,23,24,25). The van der Waals surface area contributed by atoms with Crippen LogP contribution in [0.4, 0.5) is 17.5 Å². The van der Waals surface area contributed by atoms with Gasteiger partial charge in [-0.15, -0.1) is 0 Å². The summed E-state index contributed by atoms with van der Waals surface area (Å²) in [6.45, 7) is 3.97. The number of nitrogens with one attached hydrogen (secondary N) is 1. The lowest BCUT2D eigenvalue weighted by Crippen LogP contribution is -2.45. The van der Waals surface area contributed by atoms with Gasteiger partial charge in [0.25, 0.3) is 0 Å². The Bertz CT molecular complexity index is 904. The summed E-state index contributed by atoms with van der Waals surface area (Å²) in [6, 6.07) is 18.0. The fraction of sp³-hybridized carbons (Fsp3) is 0.238. The van der Waals surface area contributed by atoms with Crippen molar-refractivity contribution in [2.24, 2.45) is 0 Å². The van der Waals surface area contributed by atoms with Crippen molar-refractivity contribution in [3.8, 4) is 11.1 Å². The molecule has 0 atom stereocenters. The van der Waals surface area contributed by atoms with Crippen LogP contribution in [0.3, 0.4) is 0 Å². The number of halogens is 1. The topological polar surface area (TPSA) is 44.3 Å². The van der Waals surface area contributed by atoms with Crippen LogP contribution in [-0.4, -0.2) is 48.1 Å². The predicted octanol–water partition coefficient (Wildman–Crippen LogP) is 4.29. The van der Waals surface area contributed by atoms with E-state index in [1.54, 1.807) is 0 Å². The van der Waals surface area contributed by atoms with E-state index in [1.165, 1.54) is 0 Å². The molecule has 0 spiro atoms. The van der Waals surface area contributed by atoms with Crippen molar-refractivity contribution in [1.82, 2.24) is 14.9 Å². The molecule has 0 unspecified atom stereocenters. The fourth-order valence-electron chi connectivity index (χ4n) is 3.14. The third-order valence-corrected chi connectivity index (χ3v) is 4.98. The Morgan fingerprint density at radius 3 is 2.44 bits per heavy atom. The Balaban J connectivity index is 1.47. The minimum atomic E-state index is 0.743. The Hall–Kier alpha value is -2.63. The van der Waals surface area contributed by atoms with Crippen molar-refractivity contribution in [1.29, 1.82) is 0 Å². The quantitative estimate of drug-likeness (QED) is 0.732. The predicted molar refractivity (Wildman–Crippen MR) is 112 cm³/mol. The molecule has 6 heteroatoms. The molecule has 3 aromatic rings. The van der Waals surface area contributed by atoms with Crippen molar-refractivity contribution in [2.75, 3.05) is 43.4 Å². The van der Waals surface area contributed by atoms with Gasteiger partial charge >= 0.3 is 0 Å². The van der Waals surface area contributed by atoms with Crippen LogP contribution in [0.25, 0.3) is 11.1 Å². The molecule has 1 saturated heterocycles. The van der Waals surface area contributed by atoms with Gasteiger partial charge in [0.2, 0.25) is 5.95 Å². The van der Waals surface area contributed by atoms with Crippen LogP contribution in [0.1, 0.15) is 0 Å². The summed E-state index contributed by atoms with van der Waals surface area (Å²) in [6.07, 6.45) is 1.81. The number of anilines is 3. The first-order valence-corrected chi connectivity index (χ1v) is 9.45. The van der Waals surface area contributed by atoms with Gasteiger partial charge in [0.15, 0.2) is 0 Å². The number of aromatic nitrogens is 2. The summed E-state index contributed by atoms with van der Waals surface area (Å²) in [5.74, 6) is 1.58. The van der Waals surface area contributed by atoms with Gasteiger partial charge in [-0.2, -0.15) is 4.98 Å². The average molecular weight is 380 g/mol. The van der Waals surface area contributed by atoms with E-state index >= 15 is 0 Å². The highest BCUT2D eigenvalue weighted by Crippen LogP contribution is 2.25. The lowest BCUT2D eigenvalue weighted by Gasteiger charge is -2.32. The van der Waals surface area contributed by atoms with Crippen LogP contribution in [0.2, 0.25) is 5.02 Å². The molecule has 5 nitrogen and oxygen atoms in total. The zero-order valence-corrected chi connectivity index (χ0v) is 16.0. The second-order valence-electron chi connectivity index (χ2n) is 6.74. The van der Waals surface area contributed by atoms with E-state index in [0.29, 0.717) is 0 Å². The van der Waals surface area contributed by atoms with Gasteiger partial charge in [-0.25, -0.2) is 4.98 Å². The number of likely N-dealkylation sites (N-methyl/N-ethyl adjacent to an activating group) is 1. The average Bonchev–Trinajstić information content (AvgIpc) is 2.69. The van der Waals surface area contributed by atoms with E-state index in [1.807, 2.05) is 42.6 Å². The number of hydrogen-bond donors (Lipinski definition) is 1. The van der Waals surface area contributed by atoms with Crippen molar-refractivity contribution < 1.29 is 0 Å². The van der Waals surface area contributed by atoms with Gasteiger partial charge in [0.05, 0.1) is 0 Å². The number of rotatable bonds is 4. The summed E-state index contributed by atoms with van der Waals surface area (Å²) >= 11 is 6.09. The van der Waals surface area contributed by atoms with E-state index in [2.05, 4.69) is 50.3 Å². The summed E-state index contributed by atoms with van der Waals surface area (Å²) in [5.41, 5.74) is 3.22. The van der Waals surface area contributed by atoms with Gasteiger partial charge in [-0.05, 0) is 48.5 Å². The van der Waals surface area contributed by atoms with E-state index in [4.69, 9.17) is 11.6 Å². The molecule has 1 aromatic heterocycles. The number of piperazine rings is 1. The molecule has 0 bridgehead atoms. The van der Waals surface area contributed by atoms with Crippen LogP contribution >= 0.6 is 11.6 Å². The largest absolute Gasteiger partial charge is 0.340 e. The number of nitrogens with zero attached hydrogens (tertiary/aromatic N) is 4. The summed E-state index contributed by atoms with van der Waals surface area (Å²) in [4.78, 5) is 13.7. The molecule has 0 saturated carbocycles. The van der Waals surface area contributed by atoms with Gasteiger partial charge in [-0.3, -0.25) is 0 Å². The third kappa shape index (κ3) is 4.38. The molecule has 2 heterocycles. The van der Waals surface area contributed by atoms with Gasteiger partial charge < -0.3 is 15.1 Å². The third-order valence-electron chi connectivity index (χ3n) is 4.74.